The number of aryl methyl sites for hydroxylation is 1. The van der Waals surface area contributed by atoms with E-state index in [-0.39, 0.29) is 12.4 Å². The van der Waals surface area contributed by atoms with E-state index < -0.39 is 0 Å². The lowest BCUT2D eigenvalue weighted by molar-refractivity contribution is 0.288. The molecular formula is C13H18FNO. The van der Waals surface area contributed by atoms with Crippen molar-refractivity contribution < 1.29 is 9.50 Å². The third-order valence-corrected chi connectivity index (χ3v) is 3.08. The topological polar surface area (TPSA) is 23.5 Å². The molecule has 1 aliphatic heterocycles. The monoisotopic (exact) mass is 223 g/mol. The minimum absolute atomic E-state index is 0.127. The predicted octanol–water partition coefficient (Wildman–Crippen LogP) is 2.35. The molecular weight excluding hydrogens is 205 g/mol. The van der Waals surface area contributed by atoms with Crippen LogP contribution in [0.25, 0.3) is 0 Å². The van der Waals surface area contributed by atoms with Crippen molar-refractivity contribution in [3.05, 3.63) is 29.6 Å². The fourth-order valence-electron chi connectivity index (χ4n) is 2.20. The Kier molecular flexibility index (Phi) is 3.78. The van der Waals surface area contributed by atoms with Gasteiger partial charge in [-0.25, -0.2) is 4.39 Å². The summed E-state index contributed by atoms with van der Waals surface area (Å²) in [6.07, 6.45) is 3.76. The Morgan fingerprint density at radius 2 is 2.00 bits per heavy atom. The summed E-state index contributed by atoms with van der Waals surface area (Å²) in [5.74, 6) is -0.127. The van der Waals surface area contributed by atoms with Gasteiger partial charge in [0, 0.05) is 19.7 Å². The largest absolute Gasteiger partial charge is 0.396 e. The van der Waals surface area contributed by atoms with Gasteiger partial charge in [-0.3, -0.25) is 0 Å². The number of rotatable bonds is 4. The Bertz CT molecular complexity index is 348. The molecule has 1 N–H and O–H groups in total. The van der Waals surface area contributed by atoms with Crippen LogP contribution in [0.2, 0.25) is 0 Å². The van der Waals surface area contributed by atoms with Crippen molar-refractivity contribution in [1.82, 2.24) is 0 Å². The molecule has 0 spiro atoms. The molecule has 0 saturated carbocycles. The van der Waals surface area contributed by atoms with Gasteiger partial charge in [-0.05, 0) is 43.4 Å². The maximum atomic E-state index is 13.8. The van der Waals surface area contributed by atoms with Crippen molar-refractivity contribution in [3.8, 4) is 0 Å². The highest BCUT2D eigenvalue weighted by Gasteiger charge is 2.15. The van der Waals surface area contributed by atoms with E-state index in [4.69, 9.17) is 5.11 Å². The van der Waals surface area contributed by atoms with E-state index >= 15 is 0 Å². The molecule has 16 heavy (non-hydrogen) atoms. The summed E-state index contributed by atoms with van der Waals surface area (Å²) < 4.78 is 13.8. The van der Waals surface area contributed by atoms with Crippen molar-refractivity contribution in [2.24, 2.45) is 0 Å². The van der Waals surface area contributed by atoms with Crippen LogP contribution in [-0.4, -0.2) is 24.8 Å². The minimum atomic E-state index is -0.127. The second-order valence-corrected chi connectivity index (χ2v) is 4.31. The summed E-state index contributed by atoms with van der Waals surface area (Å²) in [4.78, 5) is 2.10. The fourth-order valence-corrected chi connectivity index (χ4v) is 2.20. The SMILES string of the molecule is OCCCc1ccc(N2CCCC2)c(F)c1. The molecule has 0 amide bonds. The highest BCUT2D eigenvalue weighted by Crippen LogP contribution is 2.24. The molecule has 3 heteroatoms. The zero-order chi connectivity index (χ0) is 11.4. The molecule has 1 saturated heterocycles. The number of aliphatic hydroxyl groups excluding tert-OH is 1. The van der Waals surface area contributed by atoms with Gasteiger partial charge in [0.1, 0.15) is 5.82 Å². The molecule has 88 valence electrons. The smallest absolute Gasteiger partial charge is 0.146 e. The number of aliphatic hydroxyl groups is 1. The van der Waals surface area contributed by atoms with Gasteiger partial charge in [0.15, 0.2) is 0 Å². The van der Waals surface area contributed by atoms with Crippen LogP contribution in [0, 0.1) is 5.82 Å². The normalized spacial score (nSPS) is 15.8. The molecule has 2 nitrogen and oxygen atoms in total. The van der Waals surface area contributed by atoms with Gasteiger partial charge in [-0.1, -0.05) is 6.07 Å². The third-order valence-electron chi connectivity index (χ3n) is 3.08. The molecule has 1 fully saturated rings. The quantitative estimate of drug-likeness (QED) is 0.847. The van der Waals surface area contributed by atoms with Gasteiger partial charge in [-0.15, -0.1) is 0 Å². The van der Waals surface area contributed by atoms with E-state index in [1.165, 1.54) is 0 Å². The van der Waals surface area contributed by atoms with Crippen molar-refractivity contribution in [2.75, 3.05) is 24.6 Å². The Labute approximate surface area is 95.7 Å². The number of halogens is 1. The van der Waals surface area contributed by atoms with Crippen LogP contribution in [-0.2, 0) is 6.42 Å². The lowest BCUT2D eigenvalue weighted by Gasteiger charge is -2.18. The lowest BCUT2D eigenvalue weighted by Crippen LogP contribution is -2.18. The van der Waals surface area contributed by atoms with Crippen LogP contribution >= 0.6 is 0 Å². The second-order valence-electron chi connectivity index (χ2n) is 4.31. The van der Waals surface area contributed by atoms with Gasteiger partial charge in [-0.2, -0.15) is 0 Å². The first-order chi connectivity index (χ1) is 7.81. The summed E-state index contributed by atoms with van der Waals surface area (Å²) in [5, 5.41) is 8.72. The molecule has 1 aromatic carbocycles. The standard InChI is InChI=1S/C13H18FNO/c14-12-10-11(4-3-9-16)5-6-13(12)15-7-1-2-8-15/h5-6,10,16H,1-4,7-9H2. The summed E-state index contributed by atoms with van der Waals surface area (Å²) in [6.45, 7) is 2.09. The molecule has 0 aromatic heterocycles. The average molecular weight is 223 g/mol. The number of hydrogen-bond acceptors (Lipinski definition) is 2. The van der Waals surface area contributed by atoms with Gasteiger partial charge >= 0.3 is 0 Å². The van der Waals surface area contributed by atoms with Crippen molar-refractivity contribution >= 4 is 5.69 Å². The predicted molar refractivity (Wildman–Crippen MR) is 63.3 cm³/mol. The number of anilines is 1. The molecule has 0 atom stereocenters. The summed E-state index contributed by atoms with van der Waals surface area (Å²) in [5.41, 5.74) is 1.69. The zero-order valence-electron chi connectivity index (χ0n) is 9.45. The van der Waals surface area contributed by atoms with Crippen LogP contribution in [0.5, 0.6) is 0 Å². The molecule has 0 bridgehead atoms. The summed E-state index contributed by atoms with van der Waals surface area (Å²) in [7, 11) is 0. The molecule has 1 aromatic rings. The Morgan fingerprint density at radius 1 is 1.25 bits per heavy atom. The Morgan fingerprint density at radius 3 is 2.62 bits per heavy atom. The van der Waals surface area contributed by atoms with Crippen LogP contribution in [0.1, 0.15) is 24.8 Å². The van der Waals surface area contributed by atoms with Crippen molar-refractivity contribution in [3.63, 3.8) is 0 Å². The molecule has 0 aliphatic carbocycles. The molecule has 0 unspecified atom stereocenters. The number of nitrogens with zero attached hydrogens (tertiary/aromatic N) is 1. The zero-order valence-corrected chi connectivity index (χ0v) is 9.45. The molecule has 2 rings (SSSR count). The maximum absolute atomic E-state index is 13.8. The average Bonchev–Trinajstić information content (AvgIpc) is 2.80. The van der Waals surface area contributed by atoms with E-state index in [1.54, 1.807) is 6.07 Å². The Hall–Kier alpha value is -1.09. The minimum Gasteiger partial charge on any atom is -0.396 e. The van der Waals surface area contributed by atoms with Gasteiger partial charge in [0.2, 0.25) is 0 Å². The molecule has 1 aliphatic rings. The van der Waals surface area contributed by atoms with Crippen molar-refractivity contribution in [1.29, 1.82) is 0 Å². The molecule has 1 heterocycles. The summed E-state index contributed by atoms with van der Waals surface area (Å²) >= 11 is 0. The van der Waals surface area contributed by atoms with E-state index in [0.717, 1.165) is 43.6 Å². The highest BCUT2D eigenvalue weighted by molar-refractivity contribution is 5.49. The van der Waals surface area contributed by atoms with Crippen LogP contribution in [0.3, 0.4) is 0 Å². The first-order valence-corrected chi connectivity index (χ1v) is 5.95. The van der Waals surface area contributed by atoms with Crippen LogP contribution in [0.15, 0.2) is 18.2 Å². The molecule has 0 radical (unpaired) electrons. The maximum Gasteiger partial charge on any atom is 0.146 e. The highest BCUT2D eigenvalue weighted by atomic mass is 19.1. The lowest BCUT2D eigenvalue weighted by atomic mass is 10.1. The van der Waals surface area contributed by atoms with Crippen molar-refractivity contribution in [2.45, 2.75) is 25.7 Å². The fraction of sp³-hybridized carbons (Fsp3) is 0.538. The first kappa shape index (κ1) is 11.4. The van der Waals surface area contributed by atoms with Gasteiger partial charge in [0.25, 0.3) is 0 Å². The van der Waals surface area contributed by atoms with Crippen LogP contribution in [0.4, 0.5) is 10.1 Å². The van der Waals surface area contributed by atoms with E-state index in [1.807, 2.05) is 12.1 Å². The van der Waals surface area contributed by atoms with E-state index in [9.17, 15) is 4.39 Å². The van der Waals surface area contributed by atoms with Gasteiger partial charge < -0.3 is 10.0 Å². The van der Waals surface area contributed by atoms with Gasteiger partial charge in [0.05, 0.1) is 5.69 Å². The number of hydrogen-bond donors (Lipinski definition) is 1. The Balaban J connectivity index is 2.09. The van der Waals surface area contributed by atoms with Crippen LogP contribution < -0.4 is 4.90 Å². The number of benzene rings is 1. The third kappa shape index (κ3) is 2.53. The second kappa shape index (κ2) is 5.30. The summed E-state index contributed by atoms with van der Waals surface area (Å²) in [6, 6.07) is 5.43. The first-order valence-electron chi connectivity index (χ1n) is 5.95. The van der Waals surface area contributed by atoms with E-state index in [0.29, 0.717) is 6.42 Å². The van der Waals surface area contributed by atoms with E-state index in [2.05, 4.69) is 4.90 Å².